The molecule has 3 aromatic rings. The molecule has 1 amide bonds. The van der Waals surface area contributed by atoms with Crippen molar-refractivity contribution in [3.05, 3.63) is 91.5 Å². The maximum absolute atomic E-state index is 12.4. The minimum absolute atomic E-state index is 0.0681. The van der Waals surface area contributed by atoms with E-state index in [1.807, 2.05) is 32.9 Å². The normalized spacial score (nSPS) is 15.8. The van der Waals surface area contributed by atoms with Crippen molar-refractivity contribution < 1.29 is 29.7 Å². The van der Waals surface area contributed by atoms with Crippen molar-refractivity contribution in [3.8, 4) is 5.88 Å². The molecule has 0 fully saturated rings. The Morgan fingerprint density at radius 3 is 2.05 bits per heavy atom. The highest BCUT2D eigenvalue weighted by molar-refractivity contribution is 6.00. The van der Waals surface area contributed by atoms with Crippen LogP contribution < -0.4 is 21.1 Å². The van der Waals surface area contributed by atoms with E-state index in [0.29, 0.717) is 45.2 Å². The second kappa shape index (κ2) is 12.5. The average molecular weight is 586 g/mol. The SMILES string of the molecule is C=CC1=C(C)[C@@H](Cc2[nH]c(/C=c3\[nH]/c(=C\c4[nH]c([O-])c(C)c4C=C)c(C)c3CCC(=O)O)c(CCC(=O)O)c2C)NC1=O. The van der Waals surface area contributed by atoms with Crippen molar-refractivity contribution in [3.63, 3.8) is 0 Å². The Balaban J connectivity index is 1.88. The van der Waals surface area contributed by atoms with Crippen LogP contribution >= 0.6 is 0 Å². The summed E-state index contributed by atoms with van der Waals surface area (Å²) >= 11 is 0. The Hall–Kier alpha value is -4.99. The van der Waals surface area contributed by atoms with Gasteiger partial charge in [-0.2, -0.15) is 0 Å². The van der Waals surface area contributed by atoms with E-state index >= 15 is 0 Å². The van der Waals surface area contributed by atoms with Crippen molar-refractivity contribution in [1.82, 2.24) is 20.3 Å². The molecule has 1 aliphatic heterocycles. The predicted octanol–water partition coefficient (Wildman–Crippen LogP) is 2.55. The molecule has 43 heavy (non-hydrogen) atoms. The number of aromatic amines is 3. The first-order valence-corrected chi connectivity index (χ1v) is 14.1. The van der Waals surface area contributed by atoms with Gasteiger partial charge in [-0.1, -0.05) is 25.3 Å². The Morgan fingerprint density at radius 2 is 1.47 bits per heavy atom. The van der Waals surface area contributed by atoms with E-state index in [2.05, 4.69) is 33.4 Å². The van der Waals surface area contributed by atoms with E-state index in [9.17, 15) is 29.7 Å². The number of aromatic nitrogens is 3. The topological polar surface area (TPSA) is 174 Å². The van der Waals surface area contributed by atoms with Gasteiger partial charge in [0.15, 0.2) is 0 Å². The van der Waals surface area contributed by atoms with Crippen molar-refractivity contribution >= 4 is 36.1 Å². The number of amides is 1. The molecule has 10 heteroatoms. The lowest BCUT2D eigenvalue weighted by Gasteiger charge is -2.12. The van der Waals surface area contributed by atoms with Crippen LogP contribution in [0.15, 0.2) is 30.4 Å². The fourth-order valence-electron chi connectivity index (χ4n) is 5.74. The highest BCUT2D eigenvalue weighted by atomic mass is 16.4. The fraction of sp³-hybridized carbons (Fsp3) is 0.303. The summed E-state index contributed by atoms with van der Waals surface area (Å²) < 4.78 is 0. The number of carbonyl (C=O) groups is 3. The molecule has 6 N–H and O–H groups in total. The molecule has 226 valence electrons. The minimum Gasteiger partial charge on any atom is -0.860 e. The van der Waals surface area contributed by atoms with Gasteiger partial charge in [0.2, 0.25) is 0 Å². The molecule has 0 saturated heterocycles. The smallest absolute Gasteiger partial charge is 0.303 e. The first-order valence-electron chi connectivity index (χ1n) is 14.1. The second-order valence-electron chi connectivity index (χ2n) is 10.9. The van der Waals surface area contributed by atoms with Gasteiger partial charge in [0, 0.05) is 58.2 Å². The maximum Gasteiger partial charge on any atom is 0.303 e. The van der Waals surface area contributed by atoms with Gasteiger partial charge in [0.25, 0.3) is 5.91 Å². The van der Waals surface area contributed by atoms with Crippen LogP contribution in [-0.2, 0) is 33.6 Å². The maximum atomic E-state index is 12.4. The molecule has 1 aliphatic rings. The summed E-state index contributed by atoms with van der Waals surface area (Å²) in [5.41, 5.74) is 8.25. The number of nitrogens with one attached hydrogen (secondary N) is 4. The Labute approximate surface area is 249 Å². The zero-order valence-electron chi connectivity index (χ0n) is 24.9. The van der Waals surface area contributed by atoms with Crippen LogP contribution in [0.25, 0.3) is 18.2 Å². The van der Waals surface area contributed by atoms with Gasteiger partial charge < -0.3 is 35.6 Å². The molecule has 0 radical (unpaired) electrons. The summed E-state index contributed by atoms with van der Waals surface area (Å²) in [5, 5.41) is 35.5. The van der Waals surface area contributed by atoms with Crippen molar-refractivity contribution in [1.29, 1.82) is 0 Å². The quantitative estimate of drug-likeness (QED) is 0.190. The first kappa shape index (κ1) is 31.0. The lowest BCUT2D eigenvalue weighted by Crippen LogP contribution is -2.30. The molecule has 0 spiro atoms. The highest BCUT2D eigenvalue weighted by Gasteiger charge is 2.28. The van der Waals surface area contributed by atoms with Gasteiger partial charge in [-0.25, -0.2) is 0 Å². The largest absolute Gasteiger partial charge is 0.860 e. The molecule has 0 aliphatic carbocycles. The number of H-pyrrole nitrogens is 3. The molecular weight excluding hydrogens is 548 g/mol. The lowest BCUT2D eigenvalue weighted by atomic mass is 9.98. The lowest BCUT2D eigenvalue weighted by molar-refractivity contribution is -0.275. The van der Waals surface area contributed by atoms with Crippen molar-refractivity contribution in [2.75, 3.05) is 0 Å². The Kier molecular flexibility index (Phi) is 8.99. The minimum atomic E-state index is -0.928. The molecule has 4 rings (SSSR count). The number of carboxylic acid groups (broad SMARTS) is 2. The summed E-state index contributed by atoms with van der Waals surface area (Å²) in [6, 6.07) is -0.229. The average Bonchev–Trinajstić information content (AvgIpc) is 3.59. The first-order chi connectivity index (χ1) is 20.4. The molecule has 0 unspecified atom stereocenters. The number of carboxylic acids is 2. The third-order valence-electron chi connectivity index (χ3n) is 8.32. The van der Waals surface area contributed by atoms with Crippen LogP contribution in [0.5, 0.6) is 5.88 Å². The summed E-state index contributed by atoms with van der Waals surface area (Å²) in [6.07, 6.45) is 7.75. The summed E-state index contributed by atoms with van der Waals surface area (Å²) in [6.45, 7) is 15.0. The van der Waals surface area contributed by atoms with Gasteiger partial charge in [-0.3, -0.25) is 14.4 Å². The molecule has 4 heterocycles. The number of aliphatic carboxylic acids is 2. The van der Waals surface area contributed by atoms with Crippen molar-refractivity contribution in [2.45, 2.75) is 65.8 Å². The third kappa shape index (κ3) is 6.28. The Bertz CT molecular complexity index is 1800. The number of carbonyl (C=O) groups excluding carboxylic acids is 1. The molecule has 1 atom stereocenters. The molecule has 0 saturated carbocycles. The van der Waals surface area contributed by atoms with Gasteiger partial charge in [-0.15, -0.1) is 0 Å². The van der Waals surface area contributed by atoms with Gasteiger partial charge >= 0.3 is 11.9 Å². The molecule has 0 bridgehead atoms. The van der Waals surface area contributed by atoms with E-state index in [0.717, 1.165) is 33.5 Å². The van der Waals surface area contributed by atoms with Crippen LogP contribution in [0.2, 0.25) is 0 Å². The number of hydrogen-bond acceptors (Lipinski definition) is 4. The zero-order chi connectivity index (χ0) is 31.6. The van der Waals surface area contributed by atoms with Crippen LogP contribution in [0.4, 0.5) is 0 Å². The second-order valence-corrected chi connectivity index (χ2v) is 10.9. The van der Waals surface area contributed by atoms with Crippen molar-refractivity contribution in [2.24, 2.45) is 0 Å². The van der Waals surface area contributed by atoms with Gasteiger partial charge in [0.1, 0.15) is 0 Å². The van der Waals surface area contributed by atoms with Gasteiger partial charge in [-0.05, 0) is 92.0 Å². The van der Waals surface area contributed by atoms with Gasteiger partial charge in [0.05, 0.1) is 6.04 Å². The fourth-order valence-corrected chi connectivity index (χ4v) is 5.74. The molecule has 0 aromatic carbocycles. The van der Waals surface area contributed by atoms with Crippen LogP contribution in [-0.4, -0.2) is 49.1 Å². The molecule has 3 aromatic heterocycles. The van der Waals surface area contributed by atoms with Crippen LogP contribution in [0, 0.1) is 20.8 Å². The summed E-state index contributed by atoms with van der Waals surface area (Å²) in [5.74, 6) is -2.22. The monoisotopic (exact) mass is 585 g/mol. The van der Waals surface area contributed by atoms with Crippen LogP contribution in [0.3, 0.4) is 0 Å². The van der Waals surface area contributed by atoms with E-state index in [1.165, 1.54) is 0 Å². The van der Waals surface area contributed by atoms with E-state index in [4.69, 9.17) is 0 Å². The molecular formula is C33H37N4O6-. The number of hydrogen-bond donors (Lipinski definition) is 6. The summed E-state index contributed by atoms with van der Waals surface area (Å²) in [4.78, 5) is 45.1. The Morgan fingerprint density at radius 1 is 0.837 bits per heavy atom. The highest BCUT2D eigenvalue weighted by Crippen LogP contribution is 2.27. The summed E-state index contributed by atoms with van der Waals surface area (Å²) in [7, 11) is 0. The van der Waals surface area contributed by atoms with E-state index in [-0.39, 0.29) is 43.5 Å². The predicted molar refractivity (Wildman–Crippen MR) is 163 cm³/mol. The zero-order valence-corrected chi connectivity index (χ0v) is 24.9. The number of rotatable bonds is 12. The standard InChI is InChI=1S/C33H38N4O6/c1-7-20-19(6)32(42)37-27(20)14-25-18(5)23(10-12-31(40)41)29(35-25)15-28-22(9-11-30(38)39)17(4)24(34-28)13-26-16(3)21(8-2)33(43)36-26/h7-8,14-15,26,34-35,37,42H,1-2,9-13H2,3-6H3,(H,36,43)(H,38,39)(H,40,41)/p-1/b25-14-,29-15-/t26-/m1/s1. The van der Waals surface area contributed by atoms with E-state index in [1.54, 1.807) is 19.1 Å². The van der Waals surface area contributed by atoms with Crippen LogP contribution in [0.1, 0.15) is 70.2 Å². The van der Waals surface area contributed by atoms with E-state index < -0.39 is 11.9 Å². The third-order valence-corrected chi connectivity index (χ3v) is 8.32. The molecule has 10 nitrogen and oxygen atoms in total.